The van der Waals surface area contributed by atoms with E-state index in [0.717, 1.165) is 16.9 Å². The molecule has 1 nitrogen and oxygen atoms in total. The van der Waals surface area contributed by atoms with E-state index in [1.165, 1.54) is 5.56 Å². The molecule has 0 saturated heterocycles. The van der Waals surface area contributed by atoms with E-state index in [2.05, 4.69) is 18.8 Å². The monoisotopic (exact) mass is 208 g/mol. The predicted molar refractivity (Wildman–Crippen MR) is 60.1 cm³/mol. The van der Waals surface area contributed by atoms with Crippen LogP contribution >= 0.6 is 11.6 Å². The fraction of sp³-hybridized carbons (Fsp3) is 0.333. The molecule has 1 aromatic carbocycles. The number of ether oxygens (including phenoxy) is 1. The van der Waals surface area contributed by atoms with Crippen molar-refractivity contribution in [2.45, 2.75) is 13.8 Å². The summed E-state index contributed by atoms with van der Waals surface area (Å²) in [6.45, 7) is 4.08. The second-order valence-electron chi connectivity index (χ2n) is 3.02. The van der Waals surface area contributed by atoms with Crippen LogP contribution in [-0.2, 0) is 0 Å². The van der Waals surface area contributed by atoms with Crippen LogP contribution in [0.1, 0.15) is 16.7 Å². The molecule has 0 aliphatic heterocycles. The molecule has 74 valence electrons. The number of benzene rings is 1. The predicted octanol–water partition coefficient (Wildman–Crippen LogP) is 2.90. The highest BCUT2D eigenvalue weighted by Gasteiger charge is 2.05. The lowest BCUT2D eigenvalue weighted by Crippen LogP contribution is -1.93. The zero-order valence-corrected chi connectivity index (χ0v) is 9.40. The van der Waals surface area contributed by atoms with Crippen molar-refractivity contribution in [3.63, 3.8) is 0 Å². The minimum absolute atomic E-state index is 0.343. The largest absolute Gasteiger partial charge is 0.495 e. The molecule has 0 amide bonds. The minimum Gasteiger partial charge on any atom is -0.495 e. The zero-order valence-electron chi connectivity index (χ0n) is 8.65. The van der Waals surface area contributed by atoms with Gasteiger partial charge in [-0.05, 0) is 31.0 Å². The van der Waals surface area contributed by atoms with Crippen molar-refractivity contribution in [3.05, 3.63) is 28.8 Å². The van der Waals surface area contributed by atoms with Gasteiger partial charge in [-0.15, -0.1) is 11.6 Å². The Morgan fingerprint density at radius 2 is 2.07 bits per heavy atom. The first kappa shape index (κ1) is 10.9. The number of halogens is 1. The Bertz CT molecular complexity index is 385. The topological polar surface area (TPSA) is 9.23 Å². The summed E-state index contributed by atoms with van der Waals surface area (Å²) in [6, 6.07) is 4.00. The number of rotatable bonds is 1. The Kier molecular flexibility index (Phi) is 3.85. The number of methoxy groups -OCH3 is 1. The van der Waals surface area contributed by atoms with Gasteiger partial charge in [-0.1, -0.05) is 17.9 Å². The smallest absolute Gasteiger partial charge is 0.137 e. The van der Waals surface area contributed by atoms with Gasteiger partial charge in [0.1, 0.15) is 5.75 Å². The maximum absolute atomic E-state index is 5.50. The van der Waals surface area contributed by atoms with Gasteiger partial charge in [-0.2, -0.15) is 0 Å². The van der Waals surface area contributed by atoms with Crippen molar-refractivity contribution in [1.29, 1.82) is 0 Å². The number of aryl methyl sites for hydroxylation is 1. The SMILES string of the molecule is COc1c(C#CCCl)ccc(C)c1C. The highest BCUT2D eigenvalue weighted by molar-refractivity contribution is 6.19. The Morgan fingerprint density at radius 1 is 1.36 bits per heavy atom. The summed E-state index contributed by atoms with van der Waals surface area (Å²) in [5.41, 5.74) is 3.24. The molecular weight excluding hydrogens is 196 g/mol. The van der Waals surface area contributed by atoms with E-state index in [4.69, 9.17) is 16.3 Å². The fourth-order valence-electron chi connectivity index (χ4n) is 1.28. The molecule has 0 spiro atoms. The molecule has 0 saturated carbocycles. The maximum atomic E-state index is 5.50. The Balaban J connectivity index is 3.24. The van der Waals surface area contributed by atoms with Gasteiger partial charge in [0.15, 0.2) is 0 Å². The van der Waals surface area contributed by atoms with Crippen LogP contribution in [0.25, 0.3) is 0 Å². The third-order valence-electron chi connectivity index (χ3n) is 2.17. The summed E-state index contributed by atoms with van der Waals surface area (Å²) in [4.78, 5) is 0. The summed E-state index contributed by atoms with van der Waals surface area (Å²) in [7, 11) is 1.66. The molecule has 1 aromatic rings. The third-order valence-corrected chi connectivity index (χ3v) is 2.30. The van der Waals surface area contributed by atoms with Gasteiger partial charge < -0.3 is 4.74 Å². The van der Waals surface area contributed by atoms with Crippen molar-refractivity contribution >= 4 is 11.6 Å². The van der Waals surface area contributed by atoms with Gasteiger partial charge in [-0.3, -0.25) is 0 Å². The summed E-state index contributed by atoms with van der Waals surface area (Å²) in [6.07, 6.45) is 0. The van der Waals surface area contributed by atoms with Gasteiger partial charge in [0, 0.05) is 0 Å². The van der Waals surface area contributed by atoms with Crippen molar-refractivity contribution in [2.24, 2.45) is 0 Å². The van der Waals surface area contributed by atoms with E-state index in [1.54, 1.807) is 7.11 Å². The third kappa shape index (κ3) is 2.21. The molecule has 1 rings (SSSR count). The fourth-order valence-corrected chi connectivity index (χ4v) is 1.35. The quantitative estimate of drug-likeness (QED) is 0.510. The average Bonchev–Trinajstić information content (AvgIpc) is 2.20. The Morgan fingerprint density at radius 3 is 2.64 bits per heavy atom. The first-order valence-corrected chi connectivity index (χ1v) is 4.93. The molecule has 0 radical (unpaired) electrons. The second-order valence-corrected chi connectivity index (χ2v) is 3.29. The van der Waals surface area contributed by atoms with Crippen LogP contribution in [0.15, 0.2) is 12.1 Å². The van der Waals surface area contributed by atoms with Crippen LogP contribution in [-0.4, -0.2) is 13.0 Å². The minimum atomic E-state index is 0.343. The Hall–Kier alpha value is -1.13. The number of alkyl halides is 1. The van der Waals surface area contributed by atoms with Gasteiger partial charge in [0.25, 0.3) is 0 Å². The highest BCUT2D eigenvalue weighted by Crippen LogP contribution is 2.25. The summed E-state index contributed by atoms with van der Waals surface area (Å²) >= 11 is 5.50. The van der Waals surface area contributed by atoms with Crippen molar-refractivity contribution < 1.29 is 4.74 Å². The summed E-state index contributed by atoms with van der Waals surface area (Å²) in [5.74, 6) is 6.99. The van der Waals surface area contributed by atoms with Crippen LogP contribution in [0, 0.1) is 25.7 Å². The lowest BCUT2D eigenvalue weighted by molar-refractivity contribution is 0.410. The first-order chi connectivity index (χ1) is 6.70. The van der Waals surface area contributed by atoms with Crippen molar-refractivity contribution in [1.82, 2.24) is 0 Å². The standard InChI is InChI=1S/C12H13ClO/c1-9-6-7-11(5-4-8-13)12(14-3)10(9)2/h6-7H,8H2,1-3H3. The average molecular weight is 209 g/mol. The van der Waals surface area contributed by atoms with E-state index in [9.17, 15) is 0 Å². The molecule has 0 atom stereocenters. The normalized spacial score (nSPS) is 9.14. The molecular formula is C12H13ClO. The van der Waals surface area contributed by atoms with E-state index < -0.39 is 0 Å². The Labute approximate surface area is 90.0 Å². The van der Waals surface area contributed by atoms with E-state index in [0.29, 0.717) is 5.88 Å². The molecule has 0 bridgehead atoms. The summed E-state index contributed by atoms with van der Waals surface area (Å²) in [5, 5.41) is 0. The zero-order chi connectivity index (χ0) is 10.6. The lowest BCUT2D eigenvalue weighted by atomic mass is 10.0. The van der Waals surface area contributed by atoms with Crippen LogP contribution < -0.4 is 4.74 Å². The lowest BCUT2D eigenvalue weighted by Gasteiger charge is -2.09. The summed E-state index contributed by atoms with van der Waals surface area (Å²) < 4.78 is 5.31. The molecule has 0 aliphatic carbocycles. The molecule has 14 heavy (non-hydrogen) atoms. The van der Waals surface area contributed by atoms with Crippen LogP contribution in [0.3, 0.4) is 0 Å². The van der Waals surface area contributed by atoms with Crippen LogP contribution in [0.5, 0.6) is 5.75 Å². The van der Waals surface area contributed by atoms with Gasteiger partial charge in [-0.25, -0.2) is 0 Å². The second kappa shape index (κ2) is 4.93. The highest BCUT2D eigenvalue weighted by atomic mass is 35.5. The van der Waals surface area contributed by atoms with Crippen LogP contribution in [0.2, 0.25) is 0 Å². The molecule has 0 aromatic heterocycles. The van der Waals surface area contributed by atoms with Crippen molar-refractivity contribution in [3.8, 4) is 17.6 Å². The van der Waals surface area contributed by atoms with Crippen LogP contribution in [0.4, 0.5) is 0 Å². The molecule has 0 unspecified atom stereocenters. The molecule has 2 heteroatoms. The molecule has 0 heterocycles. The van der Waals surface area contributed by atoms with Gasteiger partial charge in [0.2, 0.25) is 0 Å². The van der Waals surface area contributed by atoms with E-state index in [1.807, 2.05) is 19.1 Å². The maximum Gasteiger partial charge on any atom is 0.137 e. The number of hydrogen-bond donors (Lipinski definition) is 0. The molecule has 0 aliphatic rings. The number of hydrogen-bond acceptors (Lipinski definition) is 1. The van der Waals surface area contributed by atoms with E-state index in [-0.39, 0.29) is 0 Å². The molecule has 0 fully saturated rings. The van der Waals surface area contributed by atoms with Gasteiger partial charge in [0.05, 0.1) is 18.6 Å². The van der Waals surface area contributed by atoms with Crippen molar-refractivity contribution in [2.75, 3.05) is 13.0 Å². The van der Waals surface area contributed by atoms with Gasteiger partial charge >= 0.3 is 0 Å². The molecule has 0 N–H and O–H groups in total. The van der Waals surface area contributed by atoms with E-state index >= 15 is 0 Å². The first-order valence-electron chi connectivity index (χ1n) is 4.39.